The molecule has 1 N–H and O–H groups in total. The Morgan fingerprint density at radius 1 is 0.868 bits per heavy atom. The molecule has 8 heteroatoms. The maximum absolute atomic E-state index is 13.2. The minimum Gasteiger partial charge on any atom is -0.450 e. The molecule has 0 spiro atoms. The SMILES string of the molecule is CBr.O=C(C[N+]12CCC(CC1)CC2)c1ccccc1.O=C(O)OC(c1cccc(F)c1)c1cccc(F)c1. The van der Waals surface area contributed by atoms with Crippen LogP contribution in [0.15, 0.2) is 78.9 Å². The van der Waals surface area contributed by atoms with Gasteiger partial charge in [0.15, 0.2) is 6.10 Å². The number of nitrogens with zero attached hydrogens (tertiary/aromatic N) is 1. The molecule has 0 amide bonds. The van der Waals surface area contributed by atoms with Crippen LogP contribution in [0.25, 0.3) is 0 Å². The molecular weight excluding hydrogens is 556 g/mol. The summed E-state index contributed by atoms with van der Waals surface area (Å²) in [4.78, 5) is 23.0. The van der Waals surface area contributed by atoms with Crippen molar-refractivity contribution in [2.75, 3.05) is 32.0 Å². The highest BCUT2D eigenvalue weighted by Gasteiger charge is 2.40. The van der Waals surface area contributed by atoms with Gasteiger partial charge in [0.25, 0.3) is 0 Å². The van der Waals surface area contributed by atoms with E-state index in [1.54, 1.807) is 0 Å². The van der Waals surface area contributed by atoms with Gasteiger partial charge in [-0.3, -0.25) is 4.79 Å². The van der Waals surface area contributed by atoms with Crippen LogP contribution in [0.5, 0.6) is 0 Å². The van der Waals surface area contributed by atoms with Gasteiger partial charge in [0, 0.05) is 16.7 Å². The zero-order valence-electron chi connectivity index (χ0n) is 21.4. The summed E-state index contributed by atoms with van der Waals surface area (Å²) in [6, 6.07) is 20.4. The van der Waals surface area contributed by atoms with E-state index in [9.17, 15) is 18.4 Å². The van der Waals surface area contributed by atoms with Crippen LogP contribution in [0, 0.1) is 17.6 Å². The first kappa shape index (κ1) is 29.5. The normalized spacial score (nSPS) is 19.4. The summed E-state index contributed by atoms with van der Waals surface area (Å²) in [6.45, 7) is 4.40. The Bertz CT molecular complexity index is 1140. The number of fused-ring (bicyclic) bond motifs is 3. The third-order valence-corrected chi connectivity index (χ3v) is 7.13. The molecule has 3 heterocycles. The minimum absolute atomic E-state index is 0.299. The number of halogens is 3. The Balaban J connectivity index is 0.000000199. The lowest BCUT2D eigenvalue weighted by atomic mass is 9.85. The van der Waals surface area contributed by atoms with Crippen molar-refractivity contribution in [2.45, 2.75) is 25.4 Å². The van der Waals surface area contributed by atoms with E-state index in [4.69, 9.17) is 9.84 Å². The van der Waals surface area contributed by atoms with Crippen molar-refractivity contribution in [1.29, 1.82) is 0 Å². The average molecular weight is 589 g/mol. The molecule has 0 unspecified atom stereocenters. The number of benzene rings is 3. The van der Waals surface area contributed by atoms with Crippen LogP contribution in [0.3, 0.4) is 0 Å². The maximum Gasteiger partial charge on any atom is 0.506 e. The summed E-state index contributed by atoms with van der Waals surface area (Å²) in [5, 5.41) is 8.74. The molecule has 2 bridgehead atoms. The number of carboxylic acid groups (broad SMARTS) is 1. The summed E-state index contributed by atoms with van der Waals surface area (Å²) in [5.74, 6) is 2.06. The zero-order valence-corrected chi connectivity index (χ0v) is 22.9. The second-order valence-electron chi connectivity index (χ2n) is 9.57. The molecule has 3 fully saturated rings. The predicted molar refractivity (Wildman–Crippen MR) is 146 cm³/mol. The lowest BCUT2D eigenvalue weighted by molar-refractivity contribution is -0.935. The number of hydrogen-bond donors (Lipinski definition) is 1. The van der Waals surface area contributed by atoms with Crippen LogP contribution < -0.4 is 0 Å². The van der Waals surface area contributed by atoms with Crippen molar-refractivity contribution in [2.24, 2.45) is 5.92 Å². The van der Waals surface area contributed by atoms with Crippen molar-refractivity contribution in [3.8, 4) is 0 Å². The van der Waals surface area contributed by atoms with Gasteiger partial charge in [-0.25, -0.2) is 13.6 Å². The number of Topliss-reactive ketones (excluding diaryl/α,β-unsaturated/α-hetero) is 1. The number of quaternary nitrogens is 1. The molecule has 0 atom stereocenters. The number of carbonyl (C=O) groups excluding carboxylic acids is 1. The van der Waals surface area contributed by atoms with Gasteiger partial charge in [0.1, 0.15) is 18.2 Å². The topological polar surface area (TPSA) is 63.6 Å². The van der Waals surface area contributed by atoms with E-state index >= 15 is 0 Å². The number of hydrogen-bond acceptors (Lipinski definition) is 3. The molecular formula is C30H33BrF2NO4+. The molecule has 202 valence electrons. The number of rotatable bonds is 6. The number of ether oxygens (including phenoxy) is 1. The molecule has 0 aliphatic carbocycles. The Morgan fingerprint density at radius 3 is 1.82 bits per heavy atom. The molecule has 3 saturated heterocycles. The van der Waals surface area contributed by atoms with E-state index in [1.165, 1.54) is 75.3 Å². The van der Waals surface area contributed by atoms with Crippen LogP contribution >= 0.6 is 15.9 Å². The molecule has 0 saturated carbocycles. The second kappa shape index (κ2) is 14.2. The van der Waals surface area contributed by atoms with Gasteiger partial charge in [-0.05, 0) is 55.3 Å². The third kappa shape index (κ3) is 8.20. The standard InChI is InChI=1S/C15H20NO.C14H10F2O3.CH3Br/c17-15(14-4-2-1-3-5-14)12-16-9-6-13(7-10-16)8-11-16;15-11-5-1-3-9(7-11)13(19-14(17)18)10-4-2-6-12(16)8-10;1-2/h1-5,13H,6-12H2;1-8,13H,(H,17,18);1H3/q+1;;. The maximum atomic E-state index is 13.2. The molecule has 3 aromatic carbocycles. The van der Waals surface area contributed by atoms with Crippen LogP contribution in [-0.2, 0) is 4.74 Å². The fourth-order valence-corrected chi connectivity index (χ4v) is 5.16. The molecule has 3 aliphatic heterocycles. The highest BCUT2D eigenvalue weighted by Crippen LogP contribution is 2.33. The molecule has 0 radical (unpaired) electrons. The fraction of sp³-hybridized carbons (Fsp3) is 0.333. The summed E-state index contributed by atoms with van der Waals surface area (Å²) >= 11 is 2.94. The minimum atomic E-state index is -1.52. The third-order valence-electron chi connectivity index (χ3n) is 7.13. The number of alkyl halides is 1. The summed E-state index contributed by atoms with van der Waals surface area (Å²) < 4.78 is 32.1. The van der Waals surface area contributed by atoms with E-state index in [-0.39, 0.29) is 0 Å². The monoisotopic (exact) mass is 588 g/mol. The highest BCUT2D eigenvalue weighted by atomic mass is 79.9. The van der Waals surface area contributed by atoms with E-state index in [1.807, 2.05) is 36.2 Å². The summed E-state index contributed by atoms with van der Waals surface area (Å²) in [6.07, 6.45) is 1.43. The molecule has 0 aromatic heterocycles. The first-order chi connectivity index (χ1) is 18.3. The second-order valence-corrected chi connectivity index (χ2v) is 9.57. The predicted octanol–water partition coefficient (Wildman–Crippen LogP) is 7.26. The zero-order chi connectivity index (χ0) is 27.5. The van der Waals surface area contributed by atoms with Gasteiger partial charge in [-0.1, -0.05) is 70.5 Å². The van der Waals surface area contributed by atoms with E-state index in [0.717, 1.165) is 34.6 Å². The number of carbonyl (C=O) groups is 2. The Labute approximate surface area is 230 Å². The lowest BCUT2D eigenvalue weighted by Crippen LogP contribution is -2.60. The van der Waals surface area contributed by atoms with Crippen molar-refractivity contribution in [3.63, 3.8) is 0 Å². The van der Waals surface area contributed by atoms with Gasteiger partial charge < -0.3 is 14.3 Å². The first-order valence-electron chi connectivity index (χ1n) is 12.6. The van der Waals surface area contributed by atoms with Crippen LogP contribution in [0.1, 0.15) is 46.9 Å². The fourth-order valence-electron chi connectivity index (χ4n) is 5.16. The van der Waals surface area contributed by atoms with Crippen molar-refractivity contribution < 1.29 is 32.7 Å². The van der Waals surface area contributed by atoms with E-state index < -0.39 is 23.9 Å². The summed E-state index contributed by atoms with van der Waals surface area (Å²) in [7, 11) is 0. The Hall–Kier alpha value is -3.10. The Morgan fingerprint density at radius 2 is 1.37 bits per heavy atom. The highest BCUT2D eigenvalue weighted by molar-refractivity contribution is 9.08. The molecule has 38 heavy (non-hydrogen) atoms. The molecule has 3 aliphatic rings. The Kier molecular flexibility index (Phi) is 11.0. The quantitative estimate of drug-likeness (QED) is 0.142. The van der Waals surface area contributed by atoms with Gasteiger partial charge in [0.05, 0.1) is 19.6 Å². The average Bonchev–Trinajstić information content (AvgIpc) is 2.94. The lowest BCUT2D eigenvalue weighted by Gasteiger charge is -2.48. The number of piperidine rings is 3. The van der Waals surface area contributed by atoms with Gasteiger partial charge in [-0.2, -0.15) is 0 Å². The van der Waals surface area contributed by atoms with E-state index in [2.05, 4.69) is 15.9 Å². The largest absolute Gasteiger partial charge is 0.506 e. The van der Waals surface area contributed by atoms with Crippen LogP contribution in [0.4, 0.5) is 13.6 Å². The number of ketones is 1. The van der Waals surface area contributed by atoms with Gasteiger partial charge >= 0.3 is 6.16 Å². The van der Waals surface area contributed by atoms with Crippen LogP contribution in [0.2, 0.25) is 0 Å². The van der Waals surface area contributed by atoms with Crippen molar-refractivity contribution >= 4 is 27.9 Å². The summed E-state index contributed by atoms with van der Waals surface area (Å²) in [5.41, 5.74) is 1.48. The smallest absolute Gasteiger partial charge is 0.450 e. The van der Waals surface area contributed by atoms with Crippen LogP contribution in [-0.4, -0.2) is 53.5 Å². The van der Waals surface area contributed by atoms with E-state index in [0.29, 0.717) is 16.9 Å². The van der Waals surface area contributed by atoms with Gasteiger partial charge in [-0.15, -0.1) is 0 Å². The van der Waals surface area contributed by atoms with Gasteiger partial charge in [0.2, 0.25) is 5.78 Å². The first-order valence-corrected chi connectivity index (χ1v) is 14.1. The van der Waals surface area contributed by atoms with Crippen molar-refractivity contribution in [1.82, 2.24) is 0 Å². The molecule has 6 rings (SSSR count). The van der Waals surface area contributed by atoms with Crippen molar-refractivity contribution in [3.05, 3.63) is 107 Å². The molecule has 3 aromatic rings. The molecule has 5 nitrogen and oxygen atoms in total.